The van der Waals surface area contributed by atoms with Crippen LogP contribution in [0.15, 0.2) is 46.8 Å². The van der Waals surface area contributed by atoms with Gasteiger partial charge in [0.15, 0.2) is 5.96 Å². The Hall–Kier alpha value is -2.05. The number of guanidine groups is 1. The van der Waals surface area contributed by atoms with Gasteiger partial charge >= 0.3 is 0 Å². The number of thiophene rings is 1. The topological polar surface area (TPSA) is 65.5 Å². The van der Waals surface area contributed by atoms with Gasteiger partial charge in [0.05, 0.1) is 17.1 Å². The van der Waals surface area contributed by atoms with Gasteiger partial charge in [0.25, 0.3) is 5.91 Å². The van der Waals surface area contributed by atoms with Crippen molar-refractivity contribution in [3.63, 3.8) is 0 Å². The summed E-state index contributed by atoms with van der Waals surface area (Å²) in [5.41, 5.74) is 0.481. The van der Waals surface area contributed by atoms with E-state index in [0.29, 0.717) is 29.6 Å². The Labute approximate surface area is 144 Å². The van der Waals surface area contributed by atoms with Crippen molar-refractivity contribution < 1.29 is 4.79 Å². The van der Waals surface area contributed by atoms with Gasteiger partial charge in [0.2, 0.25) is 0 Å². The standard InChI is InChI=1S/C16H19ClN4OS/c1-18-16(21-11-12-5-4-10-23-12)20-9-8-19-15(22)13-6-2-3-7-14(13)17/h2-7,10H,8-9,11H2,1H3,(H,19,22)(H2,18,20,21). The Morgan fingerprint density at radius 3 is 2.61 bits per heavy atom. The molecule has 0 bridgehead atoms. The number of hydrogen-bond donors (Lipinski definition) is 3. The van der Waals surface area contributed by atoms with Crippen LogP contribution in [0.25, 0.3) is 0 Å². The van der Waals surface area contributed by atoms with Crippen molar-refractivity contribution in [2.24, 2.45) is 4.99 Å². The summed E-state index contributed by atoms with van der Waals surface area (Å²) < 4.78 is 0. The van der Waals surface area contributed by atoms with Gasteiger partial charge in [0.1, 0.15) is 0 Å². The fourth-order valence-corrected chi connectivity index (χ4v) is 2.77. The van der Waals surface area contributed by atoms with Gasteiger partial charge in [-0.15, -0.1) is 11.3 Å². The molecule has 5 nitrogen and oxygen atoms in total. The van der Waals surface area contributed by atoms with Crippen LogP contribution in [0.5, 0.6) is 0 Å². The molecule has 0 saturated carbocycles. The molecule has 7 heteroatoms. The molecule has 2 rings (SSSR count). The molecule has 0 aliphatic rings. The number of carbonyl (C=O) groups is 1. The van der Waals surface area contributed by atoms with Crippen molar-refractivity contribution >= 4 is 34.8 Å². The van der Waals surface area contributed by atoms with Gasteiger partial charge in [-0.05, 0) is 23.6 Å². The maximum atomic E-state index is 12.0. The fraction of sp³-hybridized carbons (Fsp3) is 0.250. The summed E-state index contributed by atoms with van der Waals surface area (Å²) in [6.45, 7) is 1.77. The molecule has 0 aliphatic carbocycles. The van der Waals surface area contributed by atoms with Crippen molar-refractivity contribution in [3.8, 4) is 0 Å². The summed E-state index contributed by atoms with van der Waals surface area (Å²) in [5, 5.41) is 11.7. The van der Waals surface area contributed by atoms with Crippen LogP contribution < -0.4 is 16.0 Å². The molecule has 1 heterocycles. The van der Waals surface area contributed by atoms with E-state index in [1.165, 1.54) is 4.88 Å². The molecule has 0 spiro atoms. The lowest BCUT2D eigenvalue weighted by molar-refractivity contribution is 0.0954. The number of rotatable bonds is 6. The lowest BCUT2D eigenvalue weighted by Crippen LogP contribution is -2.41. The Morgan fingerprint density at radius 2 is 1.91 bits per heavy atom. The molecule has 1 aromatic carbocycles. The van der Waals surface area contributed by atoms with Gasteiger partial charge in [-0.1, -0.05) is 29.8 Å². The second-order valence-electron chi connectivity index (χ2n) is 4.67. The van der Waals surface area contributed by atoms with Crippen LogP contribution in [0.2, 0.25) is 5.02 Å². The minimum atomic E-state index is -0.182. The highest BCUT2D eigenvalue weighted by atomic mass is 35.5. The number of aliphatic imine (C=N–C) groups is 1. The predicted octanol–water partition coefficient (Wildman–Crippen LogP) is 2.50. The van der Waals surface area contributed by atoms with Crippen LogP contribution in [0.4, 0.5) is 0 Å². The summed E-state index contributed by atoms with van der Waals surface area (Å²) >= 11 is 7.68. The third kappa shape index (κ3) is 5.58. The second kappa shape index (κ2) is 9.17. The average Bonchev–Trinajstić information content (AvgIpc) is 3.08. The second-order valence-corrected chi connectivity index (χ2v) is 6.11. The van der Waals surface area contributed by atoms with Crippen molar-refractivity contribution in [2.75, 3.05) is 20.1 Å². The first kappa shape index (κ1) is 17.3. The smallest absolute Gasteiger partial charge is 0.252 e. The zero-order valence-corrected chi connectivity index (χ0v) is 14.4. The Bertz CT molecular complexity index is 658. The summed E-state index contributed by atoms with van der Waals surface area (Å²) in [4.78, 5) is 17.4. The van der Waals surface area contributed by atoms with Crippen LogP contribution in [0, 0.1) is 0 Å². The van der Waals surface area contributed by atoms with Crippen LogP contribution in [-0.2, 0) is 6.54 Å². The van der Waals surface area contributed by atoms with Gasteiger partial charge < -0.3 is 16.0 Å². The minimum absolute atomic E-state index is 0.182. The van der Waals surface area contributed by atoms with Gasteiger partial charge in [-0.25, -0.2) is 0 Å². The fourth-order valence-electron chi connectivity index (χ4n) is 1.90. The number of nitrogens with zero attached hydrogens (tertiary/aromatic N) is 1. The van der Waals surface area contributed by atoms with E-state index < -0.39 is 0 Å². The highest BCUT2D eigenvalue weighted by Crippen LogP contribution is 2.14. The molecule has 1 amide bonds. The molecular formula is C16H19ClN4OS. The molecule has 0 saturated heterocycles. The molecule has 2 aromatic rings. The number of carbonyl (C=O) groups excluding carboxylic acids is 1. The molecule has 0 radical (unpaired) electrons. The molecular weight excluding hydrogens is 332 g/mol. The highest BCUT2D eigenvalue weighted by molar-refractivity contribution is 7.09. The van der Waals surface area contributed by atoms with E-state index in [9.17, 15) is 4.79 Å². The van der Waals surface area contributed by atoms with E-state index in [1.54, 1.807) is 42.6 Å². The first-order chi connectivity index (χ1) is 11.2. The number of benzene rings is 1. The van der Waals surface area contributed by atoms with Gasteiger partial charge in [0, 0.05) is 25.0 Å². The molecule has 0 unspecified atom stereocenters. The third-order valence-corrected chi connectivity index (χ3v) is 4.26. The molecule has 1 aromatic heterocycles. The molecule has 23 heavy (non-hydrogen) atoms. The van der Waals surface area contributed by atoms with Crippen molar-refractivity contribution in [1.82, 2.24) is 16.0 Å². The Kier molecular flexibility index (Phi) is 6.90. The first-order valence-electron chi connectivity index (χ1n) is 7.20. The van der Waals surface area contributed by atoms with Crippen molar-refractivity contribution in [2.45, 2.75) is 6.54 Å². The van der Waals surface area contributed by atoms with E-state index in [2.05, 4.69) is 27.0 Å². The summed E-state index contributed by atoms with van der Waals surface area (Å²) in [5.74, 6) is 0.518. The largest absolute Gasteiger partial charge is 0.355 e. The first-order valence-corrected chi connectivity index (χ1v) is 8.46. The van der Waals surface area contributed by atoms with E-state index in [1.807, 2.05) is 11.4 Å². The number of hydrogen-bond acceptors (Lipinski definition) is 3. The van der Waals surface area contributed by atoms with E-state index in [0.717, 1.165) is 6.54 Å². The molecule has 0 fully saturated rings. The number of nitrogens with one attached hydrogen (secondary N) is 3. The zero-order chi connectivity index (χ0) is 16.5. The zero-order valence-electron chi connectivity index (χ0n) is 12.8. The maximum absolute atomic E-state index is 12.0. The molecule has 122 valence electrons. The third-order valence-electron chi connectivity index (χ3n) is 3.06. The predicted molar refractivity (Wildman–Crippen MR) is 96.3 cm³/mol. The number of halogens is 1. The average molecular weight is 351 g/mol. The van der Waals surface area contributed by atoms with E-state index >= 15 is 0 Å². The Morgan fingerprint density at radius 1 is 1.13 bits per heavy atom. The summed E-state index contributed by atoms with van der Waals surface area (Å²) in [6.07, 6.45) is 0. The normalized spacial score (nSPS) is 11.1. The van der Waals surface area contributed by atoms with Gasteiger partial charge in [-0.2, -0.15) is 0 Å². The van der Waals surface area contributed by atoms with E-state index in [-0.39, 0.29) is 5.91 Å². The van der Waals surface area contributed by atoms with E-state index in [4.69, 9.17) is 11.6 Å². The summed E-state index contributed by atoms with van der Waals surface area (Å²) in [7, 11) is 1.71. The molecule has 0 aliphatic heterocycles. The van der Waals surface area contributed by atoms with Crippen molar-refractivity contribution in [1.29, 1.82) is 0 Å². The quantitative estimate of drug-likeness (QED) is 0.426. The molecule has 0 atom stereocenters. The SMILES string of the molecule is CN=C(NCCNC(=O)c1ccccc1Cl)NCc1cccs1. The lowest BCUT2D eigenvalue weighted by atomic mass is 10.2. The van der Waals surface area contributed by atoms with Crippen molar-refractivity contribution in [3.05, 3.63) is 57.2 Å². The van der Waals surface area contributed by atoms with Crippen LogP contribution in [-0.4, -0.2) is 32.0 Å². The summed E-state index contributed by atoms with van der Waals surface area (Å²) in [6, 6.07) is 11.1. The minimum Gasteiger partial charge on any atom is -0.355 e. The van der Waals surface area contributed by atoms with Crippen LogP contribution in [0.1, 0.15) is 15.2 Å². The maximum Gasteiger partial charge on any atom is 0.252 e. The monoisotopic (exact) mass is 350 g/mol. The number of amides is 1. The lowest BCUT2D eigenvalue weighted by Gasteiger charge is -2.12. The van der Waals surface area contributed by atoms with Gasteiger partial charge in [-0.3, -0.25) is 9.79 Å². The van der Waals surface area contributed by atoms with Crippen LogP contribution >= 0.6 is 22.9 Å². The highest BCUT2D eigenvalue weighted by Gasteiger charge is 2.08. The van der Waals surface area contributed by atoms with Crippen LogP contribution in [0.3, 0.4) is 0 Å². The Balaban J connectivity index is 1.69. The molecule has 3 N–H and O–H groups in total.